The summed E-state index contributed by atoms with van der Waals surface area (Å²) in [5.41, 5.74) is -0.601. The highest BCUT2D eigenvalue weighted by atomic mass is 35.5. The highest BCUT2D eigenvalue weighted by Gasteiger charge is 2.46. The summed E-state index contributed by atoms with van der Waals surface area (Å²) >= 11 is 5.89. The van der Waals surface area contributed by atoms with Gasteiger partial charge < -0.3 is 4.98 Å². The molecule has 0 radical (unpaired) electrons. The van der Waals surface area contributed by atoms with Gasteiger partial charge in [0.05, 0.1) is 5.56 Å². The predicted octanol–water partition coefficient (Wildman–Crippen LogP) is 1.69. The Morgan fingerprint density at radius 3 is 2.62 bits per heavy atom. The van der Waals surface area contributed by atoms with Gasteiger partial charge in [-0.2, -0.15) is 0 Å². The van der Waals surface area contributed by atoms with Crippen LogP contribution in [0.3, 0.4) is 0 Å². The lowest BCUT2D eigenvalue weighted by atomic mass is 9.77. The minimum absolute atomic E-state index is 0.0418. The van der Waals surface area contributed by atoms with Gasteiger partial charge in [-0.3, -0.25) is 9.78 Å². The minimum Gasteiger partial charge on any atom is -0.313 e. The number of halogens is 3. The summed E-state index contributed by atoms with van der Waals surface area (Å²) in [5, 5.41) is 7.50. The number of aromatic amines is 2. The molecule has 0 unspecified atom stereocenters. The van der Waals surface area contributed by atoms with E-state index in [9.17, 15) is 18.4 Å². The Labute approximate surface area is 121 Å². The molecule has 0 bridgehead atoms. The SMILES string of the molecule is O=c1[nH]cc(-c2cc(C3CC(F)(F)C3)c(Cl)nn2)c(=O)[nH]1. The van der Waals surface area contributed by atoms with Gasteiger partial charge >= 0.3 is 5.69 Å². The van der Waals surface area contributed by atoms with Crippen LogP contribution in [-0.2, 0) is 0 Å². The van der Waals surface area contributed by atoms with Gasteiger partial charge in [0.25, 0.3) is 5.56 Å². The molecule has 9 heteroatoms. The maximum Gasteiger partial charge on any atom is 0.325 e. The average molecular weight is 315 g/mol. The van der Waals surface area contributed by atoms with Crippen LogP contribution in [0.2, 0.25) is 5.15 Å². The van der Waals surface area contributed by atoms with Crippen LogP contribution in [-0.4, -0.2) is 26.1 Å². The number of rotatable bonds is 2. The molecule has 2 heterocycles. The van der Waals surface area contributed by atoms with E-state index < -0.39 is 23.1 Å². The first kappa shape index (κ1) is 13.9. The summed E-state index contributed by atoms with van der Waals surface area (Å²) in [6.07, 6.45) is 0.581. The molecule has 0 atom stereocenters. The van der Waals surface area contributed by atoms with Gasteiger partial charge in [-0.05, 0) is 17.5 Å². The van der Waals surface area contributed by atoms with Crippen molar-refractivity contribution in [1.29, 1.82) is 0 Å². The second kappa shape index (κ2) is 4.73. The Kier molecular flexibility index (Phi) is 3.12. The molecule has 6 nitrogen and oxygen atoms in total. The van der Waals surface area contributed by atoms with Gasteiger partial charge in [0, 0.05) is 19.0 Å². The number of nitrogens with zero attached hydrogens (tertiary/aromatic N) is 2. The van der Waals surface area contributed by atoms with Crippen LogP contribution in [0.25, 0.3) is 11.3 Å². The van der Waals surface area contributed by atoms with Crippen LogP contribution in [0.15, 0.2) is 21.9 Å². The van der Waals surface area contributed by atoms with Crippen molar-refractivity contribution in [1.82, 2.24) is 20.2 Å². The minimum atomic E-state index is -2.69. The second-order valence-corrected chi connectivity index (χ2v) is 5.28. The molecule has 21 heavy (non-hydrogen) atoms. The zero-order valence-corrected chi connectivity index (χ0v) is 11.2. The van der Waals surface area contributed by atoms with Crippen LogP contribution < -0.4 is 11.2 Å². The molecule has 0 amide bonds. The fourth-order valence-electron chi connectivity index (χ4n) is 2.29. The standard InChI is InChI=1S/C12H9ClF2N4O2/c13-9-6(5-2-12(14,15)3-5)1-8(18-19-9)7-4-16-11(21)17-10(7)20/h1,4-5H,2-3H2,(H2,16,17,20,21). The van der Waals surface area contributed by atoms with Crippen molar-refractivity contribution in [2.75, 3.05) is 0 Å². The first-order chi connectivity index (χ1) is 9.85. The average Bonchev–Trinajstić information content (AvgIpc) is 2.37. The maximum atomic E-state index is 13.0. The zero-order valence-electron chi connectivity index (χ0n) is 10.5. The molecule has 0 aromatic carbocycles. The van der Waals surface area contributed by atoms with Crippen molar-refractivity contribution in [3.8, 4) is 11.3 Å². The molecule has 0 spiro atoms. The number of nitrogens with one attached hydrogen (secondary N) is 2. The highest BCUT2D eigenvalue weighted by molar-refractivity contribution is 6.30. The fraction of sp³-hybridized carbons (Fsp3) is 0.333. The van der Waals surface area contributed by atoms with E-state index in [0.717, 1.165) is 0 Å². The highest BCUT2D eigenvalue weighted by Crippen LogP contribution is 2.49. The van der Waals surface area contributed by atoms with Gasteiger partial charge in [-0.15, -0.1) is 10.2 Å². The summed E-state index contributed by atoms with van der Waals surface area (Å²) in [6.45, 7) is 0. The molecular formula is C12H9ClF2N4O2. The molecule has 2 aromatic heterocycles. The number of hydrogen-bond donors (Lipinski definition) is 2. The van der Waals surface area contributed by atoms with Crippen molar-refractivity contribution in [2.45, 2.75) is 24.7 Å². The van der Waals surface area contributed by atoms with E-state index in [4.69, 9.17) is 11.6 Å². The molecule has 0 saturated heterocycles. The summed E-state index contributed by atoms with van der Waals surface area (Å²) in [7, 11) is 0. The van der Waals surface area contributed by atoms with Gasteiger partial charge in [-0.25, -0.2) is 13.6 Å². The molecule has 2 aromatic rings. The van der Waals surface area contributed by atoms with Crippen LogP contribution in [0.5, 0.6) is 0 Å². The lowest BCUT2D eigenvalue weighted by molar-refractivity contribution is -0.0867. The Bertz CT molecular complexity index is 809. The third kappa shape index (κ3) is 2.58. The van der Waals surface area contributed by atoms with E-state index in [-0.39, 0.29) is 29.3 Å². The molecule has 2 N–H and O–H groups in total. The molecule has 3 rings (SSSR count). The maximum absolute atomic E-state index is 13.0. The Hall–Kier alpha value is -2.09. The van der Waals surface area contributed by atoms with E-state index in [1.54, 1.807) is 0 Å². The van der Waals surface area contributed by atoms with Crippen molar-refractivity contribution in [3.05, 3.63) is 43.8 Å². The van der Waals surface area contributed by atoms with Crippen molar-refractivity contribution >= 4 is 11.6 Å². The smallest absolute Gasteiger partial charge is 0.313 e. The van der Waals surface area contributed by atoms with E-state index in [1.165, 1.54) is 12.3 Å². The molecule has 0 aliphatic heterocycles. The van der Waals surface area contributed by atoms with E-state index >= 15 is 0 Å². The monoisotopic (exact) mass is 314 g/mol. The Morgan fingerprint density at radius 1 is 1.29 bits per heavy atom. The van der Waals surface area contributed by atoms with Crippen LogP contribution in [0.1, 0.15) is 24.3 Å². The summed E-state index contributed by atoms with van der Waals surface area (Å²) < 4.78 is 25.9. The van der Waals surface area contributed by atoms with E-state index in [1.807, 2.05) is 0 Å². The third-order valence-corrected chi connectivity index (χ3v) is 3.69. The normalized spacial score (nSPS) is 17.5. The largest absolute Gasteiger partial charge is 0.325 e. The van der Waals surface area contributed by atoms with Crippen LogP contribution in [0, 0.1) is 0 Å². The lowest BCUT2D eigenvalue weighted by Crippen LogP contribution is -2.34. The van der Waals surface area contributed by atoms with Crippen LogP contribution in [0.4, 0.5) is 8.78 Å². The molecule has 1 aliphatic carbocycles. The first-order valence-corrected chi connectivity index (χ1v) is 6.47. The Balaban J connectivity index is 2.02. The molecule has 1 aliphatic rings. The van der Waals surface area contributed by atoms with Crippen molar-refractivity contribution in [2.24, 2.45) is 0 Å². The number of hydrogen-bond acceptors (Lipinski definition) is 4. The van der Waals surface area contributed by atoms with Gasteiger partial charge in [0.1, 0.15) is 5.69 Å². The zero-order chi connectivity index (χ0) is 15.2. The summed E-state index contributed by atoms with van der Waals surface area (Å²) in [4.78, 5) is 27.0. The number of aromatic nitrogens is 4. The molecule has 1 fully saturated rings. The van der Waals surface area contributed by atoms with E-state index in [2.05, 4.69) is 20.2 Å². The number of alkyl halides is 2. The van der Waals surface area contributed by atoms with Crippen molar-refractivity contribution < 1.29 is 8.78 Å². The van der Waals surface area contributed by atoms with Gasteiger partial charge in [0.15, 0.2) is 5.15 Å². The van der Waals surface area contributed by atoms with Crippen molar-refractivity contribution in [3.63, 3.8) is 0 Å². The van der Waals surface area contributed by atoms with Gasteiger partial charge in [0.2, 0.25) is 5.92 Å². The first-order valence-electron chi connectivity index (χ1n) is 6.09. The second-order valence-electron chi connectivity index (χ2n) is 4.92. The fourth-order valence-corrected chi connectivity index (χ4v) is 2.54. The lowest BCUT2D eigenvalue weighted by Gasteiger charge is -2.35. The summed E-state index contributed by atoms with van der Waals surface area (Å²) in [6, 6.07) is 1.46. The quantitative estimate of drug-likeness (QED) is 0.882. The van der Waals surface area contributed by atoms with E-state index in [0.29, 0.717) is 5.56 Å². The molecule has 1 saturated carbocycles. The summed E-state index contributed by atoms with van der Waals surface area (Å²) in [5.74, 6) is -3.10. The Morgan fingerprint density at radius 2 is 2.00 bits per heavy atom. The number of H-pyrrole nitrogens is 2. The van der Waals surface area contributed by atoms with Crippen LogP contribution >= 0.6 is 11.6 Å². The van der Waals surface area contributed by atoms with Gasteiger partial charge in [-0.1, -0.05) is 11.6 Å². The topological polar surface area (TPSA) is 91.5 Å². The third-order valence-electron chi connectivity index (χ3n) is 3.40. The molecule has 110 valence electrons. The predicted molar refractivity (Wildman–Crippen MR) is 70.6 cm³/mol. The molecular weight excluding hydrogens is 306 g/mol.